The van der Waals surface area contributed by atoms with Crippen LogP contribution in [-0.4, -0.2) is 54.8 Å². The first-order chi connectivity index (χ1) is 13.1. The van der Waals surface area contributed by atoms with E-state index >= 15 is 0 Å². The van der Waals surface area contributed by atoms with Crippen LogP contribution in [0.4, 0.5) is 0 Å². The average Bonchev–Trinajstić information content (AvgIpc) is 3.12. The Bertz CT molecular complexity index is 758. The third-order valence-corrected chi connectivity index (χ3v) is 6.69. The minimum Gasteiger partial charge on any atom is -0.342 e. The van der Waals surface area contributed by atoms with E-state index in [1.807, 2.05) is 58.4 Å². The maximum atomic E-state index is 9.54. The second-order valence-corrected chi connectivity index (χ2v) is 9.47. The molecule has 3 rings (SSSR count). The summed E-state index contributed by atoms with van der Waals surface area (Å²) in [6.07, 6.45) is 2.85. The molecular weight excluding hydrogens is 400 g/mol. The molecule has 0 aromatic heterocycles. The van der Waals surface area contributed by atoms with Crippen molar-refractivity contribution in [2.75, 3.05) is 12.5 Å². The number of thioether (sulfide) groups is 2. The zero-order valence-corrected chi connectivity index (χ0v) is 18.3. The minimum atomic E-state index is -0.849. The zero-order valence-electron chi connectivity index (χ0n) is 16.7. The molecular formula is C19H24N2O5S2. The summed E-state index contributed by atoms with van der Waals surface area (Å²) in [6.45, 7) is 7.27. The highest BCUT2D eigenvalue weighted by Crippen LogP contribution is 2.46. The van der Waals surface area contributed by atoms with Crippen LogP contribution in [0.25, 0.3) is 0 Å². The van der Waals surface area contributed by atoms with Crippen LogP contribution in [0, 0.1) is 22.7 Å². The molecule has 0 bridgehead atoms. The van der Waals surface area contributed by atoms with E-state index in [1.165, 1.54) is 23.5 Å². The molecule has 0 saturated carbocycles. The summed E-state index contributed by atoms with van der Waals surface area (Å²) < 4.78 is 31.3. The normalized spacial score (nSPS) is 34.5. The number of hydrogen-bond acceptors (Lipinski definition) is 9. The lowest BCUT2D eigenvalue weighted by Gasteiger charge is -2.38. The Kier molecular flexibility index (Phi) is 6.19. The van der Waals surface area contributed by atoms with Crippen molar-refractivity contribution in [1.82, 2.24) is 0 Å². The van der Waals surface area contributed by atoms with E-state index in [2.05, 4.69) is 0 Å². The number of rotatable bonds is 4. The van der Waals surface area contributed by atoms with E-state index in [9.17, 15) is 10.5 Å². The van der Waals surface area contributed by atoms with Crippen molar-refractivity contribution >= 4 is 23.5 Å². The van der Waals surface area contributed by atoms with Gasteiger partial charge in [0.1, 0.15) is 42.1 Å². The van der Waals surface area contributed by atoms with Gasteiger partial charge in [0.25, 0.3) is 0 Å². The summed E-state index contributed by atoms with van der Waals surface area (Å²) >= 11 is 3.06. The Morgan fingerprint density at radius 2 is 1.39 bits per heavy atom. The number of nitrogens with zero attached hydrogens (tertiary/aromatic N) is 2. The Balaban J connectivity index is 2.08. The van der Waals surface area contributed by atoms with Gasteiger partial charge in [-0.3, -0.25) is 0 Å². The fraction of sp³-hybridized carbons (Fsp3) is 0.684. The van der Waals surface area contributed by atoms with Gasteiger partial charge in [0, 0.05) is 9.81 Å². The van der Waals surface area contributed by atoms with Gasteiger partial charge in [0.15, 0.2) is 17.9 Å². The van der Waals surface area contributed by atoms with Crippen LogP contribution < -0.4 is 0 Å². The zero-order chi connectivity index (χ0) is 20.7. The van der Waals surface area contributed by atoms with Crippen molar-refractivity contribution in [3.63, 3.8) is 0 Å². The smallest absolute Gasteiger partial charge is 0.190 e. The summed E-state index contributed by atoms with van der Waals surface area (Å²) in [4.78, 5) is 0. The van der Waals surface area contributed by atoms with E-state index < -0.39 is 42.3 Å². The Labute approximate surface area is 174 Å². The first-order valence-electron chi connectivity index (χ1n) is 8.85. The van der Waals surface area contributed by atoms with Gasteiger partial charge in [-0.05, 0) is 46.3 Å². The monoisotopic (exact) mass is 424 g/mol. The highest BCUT2D eigenvalue weighted by Gasteiger charge is 2.61. The van der Waals surface area contributed by atoms with Crippen molar-refractivity contribution in [3.8, 4) is 12.1 Å². The largest absolute Gasteiger partial charge is 0.342 e. The predicted molar refractivity (Wildman–Crippen MR) is 106 cm³/mol. The van der Waals surface area contributed by atoms with Gasteiger partial charge in [-0.1, -0.05) is 0 Å². The molecule has 0 amide bonds. The Morgan fingerprint density at radius 1 is 0.857 bits per heavy atom. The first kappa shape index (κ1) is 21.7. The van der Waals surface area contributed by atoms with Crippen LogP contribution in [0.5, 0.6) is 0 Å². The van der Waals surface area contributed by atoms with Crippen LogP contribution in [0.15, 0.2) is 21.5 Å². The molecule has 0 aliphatic carbocycles. The summed E-state index contributed by atoms with van der Waals surface area (Å²) in [5, 5.41) is 19.1. The molecule has 0 unspecified atom stereocenters. The second-order valence-electron chi connectivity index (χ2n) is 7.52. The lowest BCUT2D eigenvalue weighted by atomic mass is 9.91. The molecule has 3 heterocycles. The minimum absolute atomic E-state index is 0.0192. The summed E-state index contributed by atoms with van der Waals surface area (Å²) in [5.41, 5.74) is 0.445. The highest BCUT2D eigenvalue weighted by molar-refractivity contribution is 8.21. The third kappa shape index (κ3) is 4.12. The van der Waals surface area contributed by atoms with E-state index in [4.69, 9.17) is 23.7 Å². The predicted octanol–water partition coefficient (Wildman–Crippen LogP) is 3.29. The van der Waals surface area contributed by atoms with Crippen LogP contribution in [0.3, 0.4) is 0 Å². The first-order valence-corrected chi connectivity index (χ1v) is 11.3. The van der Waals surface area contributed by atoms with Gasteiger partial charge >= 0.3 is 0 Å². The SMILES string of the molecule is CSC(=CC(=C(C#N)C#N)[C@H]1O[C@@H]2OC(C)(C)O[C@@H]2[C@H]2OC(C)(C)O[C@H]21)SC. The molecule has 0 radical (unpaired) electrons. The molecule has 0 spiro atoms. The second kappa shape index (κ2) is 8.00. The molecule has 28 heavy (non-hydrogen) atoms. The molecule has 5 atom stereocenters. The van der Waals surface area contributed by atoms with E-state index in [-0.39, 0.29) is 5.57 Å². The molecule has 3 aliphatic heterocycles. The van der Waals surface area contributed by atoms with Crippen molar-refractivity contribution in [2.24, 2.45) is 0 Å². The lowest BCUT2D eigenvalue weighted by Crippen LogP contribution is -2.55. The molecule has 3 aliphatic rings. The summed E-state index contributed by atoms with van der Waals surface area (Å²) in [5.74, 6) is -1.68. The van der Waals surface area contributed by atoms with Gasteiger partial charge in [0.2, 0.25) is 0 Å². The number of nitriles is 2. The fourth-order valence-electron chi connectivity index (χ4n) is 3.64. The maximum Gasteiger partial charge on any atom is 0.190 e. The van der Waals surface area contributed by atoms with Crippen LogP contribution in [0.2, 0.25) is 0 Å². The maximum absolute atomic E-state index is 9.54. The van der Waals surface area contributed by atoms with E-state index in [1.54, 1.807) is 0 Å². The van der Waals surface area contributed by atoms with Gasteiger partial charge in [-0.2, -0.15) is 10.5 Å². The van der Waals surface area contributed by atoms with Gasteiger partial charge < -0.3 is 23.7 Å². The molecule has 9 heteroatoms. The third-order valence-electron chi connectivity index (χ3n) is 4.65. The van der Waals surface area contributed by atoms with Crippen LogP contribution in [-0.2, 0) is 23.7 Å². The number of hydrogen-bond donors (Lipinski definition) is 0. The Hall–Kier alpha value is -1.04. The molecule has 152 valence electrons. The summed E-state index contributed by atoms with van der Waals surface area (Å²) in [6, 6.07) is 3.97. The van der Waals surface area contributed by atoms with Crippen molar-refractivity contribution in [2.45, 2.75) is 70.0 Å². The quantitative estimate of drug-likeness (QED) is 0.498. The number of ether oxygens (including phenoxy) is 5. The standard InChI is InChI=1S/C19H24N2O5S2/c1-18(2)23-14-13(11(10(8-20)9-21)7-12(27-5)28-6)22-17-16(15(14)24-18)25-19(3,4)26-17/h7,13-17H,1-6H3/t13-,14+,15+,16-,17-/m1/s1. The lowest BCUT2D eigenvalue weighted by molar-refractivity contribution is -0.224. The molecule has 7 nitrogen and oxygen atoms in total. The van der Waals surface area contributed by atoms with Crippen molar-refractivity contribution in [1.29, 1.82) is 10.5 Å². The average molecular weight is 425 g/mol. The highest BCUT2D eigenvalue weighted by atomic mass is 32.2. The van der Waals surface area contributed by atoms with Crippen LogP contribution >= 0.6 is 23.5 Å². The molecule has 0 aromatic carbocycles. The van der Waals surface area contributed by atoms with Gasteiger partial charge in [-0.25, -0.2) is 0 Å². The topological polar surface area (TPSA) is 93.7 Å². The van der Waals surface area contributed by atoms with Crippen molar-refractivity contribution in [3.05, 3.63) is 21.5 Å². The molecule has 3 fully saturated rings. The molecule has 3 saturated heterocycles. The Morgan fingerprint density at radius 3 is 1.96 bits per heavy atom. The van der Waals surface area contributed by atoms with E-state index in [0.717, 1.165) is 4.24 Å². The van der Waals surface area contributed by atoms with Gasteiger partial charge in [0.05, 0.1) is 0 Å². The van der Waals surface area contributed by atoms with Crippen molar-refractivity contribution < 1.29 is 23.7 Å². The summed E-state index contributed by atoms with van der Waals surface area (Å²) in [7, 11) is 0. The fourth-order valence-corrected chi connectivity index (χ4v) is 4.80. The number of fused-ring (bicyclic) bond motifs is 3. The molecule has 0 aromatic rings. The van der Waals surface area contributed by atoms with E-state index in [0.29, 0.717) is 5.57 Å². The van der Waals surface area contributed by atoms with Crippen LogP contribution in [0.1, 0.15) is 27.7 Å². The molecule has 0 N–H and O–H groups in total. The van der Waals surface area contributed by atoms with Gasteiger partial charge in [-0.15, -0.1) is 23.5 Å². The number of allylic oxidation sites excluding steroid dienone is 1.